The zero-order valence-corrected chi connectivity index (χ0v) is 10.1. The zero-order chi connectivity index (χ0) is 12.3. The Kier molecular flexibility index (Phi) is 3.61. The van der Waals surface area contributed by atoms with Crippen LogP contribution in [-0.2, 0) is 11.3 Å². The van der Waals surface area contributed by atoms with Crippen LogP contribution in [0, 0.1) is 6.92 Å². The van der Waals surface area contributed by atoms with Gasteiger partial charge in [-0.25, -0.2) is 0 Å². The third kappa shape index (κ3) is 2.40. The number of aryl methyl sites for hydroxylation is 1. The number of aliphatic hydroxyl groups is 1. The molecule has 2 aromatic rings. The van der Waals surface area contributed by atoms with Crippen molar-refractivity contribution in [2.75, 3.05) is 13.9 Å². The Bertz CT molecular complexity index is 520. The van der Waals surface area contributed by atoms with E-state index in [1.807, 2.05) is 37.3 Å². The van der Waals surface area contributed by atoms with E-state index >= 15 is 0 Å². The molecule has 17 heavy (non-hydrogen) atoms. The van der Waals surface area contributed by atoms with Gasteiger partial charge >= 0.3 is 0 Å². The highest BCUT2D eigenvalue weighted by Gasteiger charge is 2.05. The van der Waals surface area contributed by atoms with Crippen molar-refractivity contribution in [3.05, 3.63) is 41.5 Å². The second kappa shape index (κ2) is 5.17. The fraction of sp³-hybridized carbons (Fsp3) is 0.286. The van der Waals surface area contributed by atoms with Gasteiger partial charge < -0.3 is 14.6 Å². The molecule has 0 aliphatic carbocycles. The first-order valence-electron chi connectivity index (χ1n) is 5.51. The van der Waals surface area contributed by atoms with Crippen LogP contribution in [0.25, 0.3) is 10.8 Å². The maximum Gasteiger partial charge on any atom is 0.188 e. The Morgan fingerprint density at radius 2 is 2.00 bits per heavy atom. The Morgan fingerprint density at radius 3 is 2.71 bits per heavy atom. The summed E-state index contributed by atoms with van der Waals surface area (Å²) in [6, 6.07) is 9.85. The van der Waals surface area contributed by atoms with Crippen molar-refractivity contribution in [3.8, 4) is 5.75 Å². The summed E-state index contributed by atoms with van der Waals surface area (Å²) in [7, 11) is 1.60. The summed E-state index contributed by atoms with van der Waals surface area (Å²) in [6.07, 6.45) is 0. The zero-order valence-electron chi connectivity index (χ0n) is 10.1. The number of hydrogen-bond donors (Lipinski definition) is 1. The molecule has 2 rings (SSSR count). The topological polar surface area (TPSA) is 38.7 Å². The van der Waals surface area contributed by atoms with Crippen molar-refractivity contribution in [1.82, 2.24) is 0 Å². The second-order valence-corrected chi connectivity index (χ2v) is 3.95. The number of aliphatic hydroxyl groups excluding tert-OH is 1. The lowest BCUT2D eigenvalue weighted by molar-refractivity contribution is 0.0507. The first kappa shape index (κ1) is 11.9. The van der Waals surface area contributed by atoms with E-state index in [1.54, 1.807) is 7.11 Å². The van der Waals surface area contributed by atoms with Gasteiger partial charge in [0.15, 0.2) is 6.79 Å². The van der Waals surface area contributed by atoms with Gasteiger partial charge in [-0.3, -0.25) is 0 Å². The number of methoxy groups -OCH3 is 1. The SMILES string of the molecule is COCOc1ccc2cc(CO)ccc2c1C. The predicted octanol–water partition coefficient (Wildman–Crippen LogP) is 2.62. The fourth-order valence-electron chi connectivity index (χ4n) is 1.89. The second-order valence-electron chi connectivity index (χ2n) is 3.95. The molecular weight excluding hydrogens is 216 g/mol. The van der Waals surface area contributed by atoms with E-state index in [4.69, 9.17) is 14.6 Å². The maximum atomic E-state index is 9.10. The number of benzene rings is 2. The van der Waals surface area contributed by atoms with Crippen LogP contribution >= 0.6 is 0 Å². The van der Waals surface area contributed by atoms with Crippen molar-refractivity contribution >= 4 is 10.8 Å². The lowest BCUT2D eigenvalue weighted by Crippen LogP contribution is -2.00. The number of rotatable bonds is 4. The Hall–Kier alpha value is -1.58. The van der Waals surface area contributed by atoms with Gasteiger partial charge in [0.1, 0.15) is 5.75 Å². The van der Waals surface area contributed by atoms with Crippen molar-refractivity contribution in [3.63, 3.8) is 0 Å². The summed E-state index contributed by atoms with van der Waals surface area (Å²) in [5, 5.41) is 11.3. The van der Waals surface area contributed by atoms with E-state index in [9.17, 15) is 0 Å². The summed E-state index contributed by atoms with van der Waals surface area (Å²) >= 11 is 0. The van der Waals surface area contributed by atoms with Gasteiger partial charge in [-0.15, -0.1) is 0 Å². The molecule has 0 bridgehead atoms. The number of ether oxygens (including phenoxy) is 2. The van der Waals surface area contributed by atoms with Gasteiger partial charge in [0.05, 0.1) is 6.61 Å². The molecule has 0 aliphatic rings. The van der Waals surface area contributed by atoms with Crippen LogP contribution in [-0.4, -0.2) is 19.0 Å². The maximum absolute atomic E-state index is 9.10. The van der Waals surface area contributed by atoms with E-state index in [0.29, 0.717) is 0 Å². The molecule has 90 valence electrons. The fourth-order valence-corrected chi connectivity index (χ4v) is 1.89. The van der Waals surface area contributed by atoms with Crippen LogP contribution in [0.2, 0.25) is 0 Å². The minimum absolute atomic E-state index is 0.0664. The van der Waals surface area contributed by atoms with Crippen molar-refractivity contribution in [2.24, 2.45) is 0 Å². The lowest BCUT2D eigenvalue weighted by Gasteiger charge is -2.11. The molecule has 0 unspecified atom stereocenters. The van der Waals surface area contributed by atoms with Crippen LogP contribution in [0.4, 0.5) is 0 Å². The smallest absolute Gasteiger partial charge is 0.188 e. The third-order valence-corrected chi connectivity index (χ3v) is 2.82. The molecule has 0 spiro atoms. The Balaban J connectivity index is 2.45. The van der Waals surface area contributed by atoms with Crippen molar-refractivity contribution in [2.45, 2.75) is 13.5 Å². The van der Waals surface area contributed by atoms with Crippen LogP contribution in [0.1, 0.15) is 11.1 Å². The van der Waals surface area contributed by atoms with Gasteiger partial charge in [0.25, 0.3) is 0 Å². The highest BCUT2D eigenvalue weighted by atomic mass is 16.7. The van der Waals surface area contributed by atoms with E-state index in [-0.39, 0.29) is 13.4 Å². The van der Waals surface area contributed by atoms with Crippen molar-refractivity contribution in [1.29, 1.82) is 0 Å². The van der Waals surface area contributed by atoms with Gasteiger partial charge in [0.2, 0.25) is 0 Å². The first-order valence-corrected chi connectivity index (χ1v) is 5.51. The van der Waals surface area contributed by atoms with E-state index in [0.717, 1.165) is 27.6 Å². The quantitative estimate of drug-likeness (QED) is 0.823. The minimum atomic E-state index is 0.0664. The lowest BCUT2D eigenvalue weighted by atomic mass is 10.0. The number of hydrogen-bond acceptors (Lipinski definition) is 3. The summed E-state index contributed by atoms with van der Waals surface area (Å²) < 4.78 is 10.4. The van der Waals surface area contributed by atoms with E-state index < -0.39 is 0 Å². The molecule has 0 radical (unpaired) electrons. The molecule has 0 saturated heterocycles. The Morgan fingerprint density at radius 1 is 1.18 bits per heavy atom. The Labute approximate surface area is 101 Å². The largest absolute Gasteiger partial charge is 0.467 e. The van der Waals surface area contributed by atoms with E-state index in [1.165, 1.54) is 0 Å². The molecule has 2 aromatic carbocycles. The predicted molar refractivity (Wildman–Crippen MR) is 67.1 cm³/mol. The van der Waals surface area contributed by atoms with E-state index in [2.05, 4.69) is 0 Å². The summed E-state index contributed by atoms with van der Waals surface area (Å²) in [5.41, 5.74) is 2.01. The summed E-state index contributed by atoms with van der Waals surface area (Å²) in [5.74, 6) is 0.830. The molecular formula is C14H16O3. The molecule has 0 amide bonds. The molecule has 3 nitrogen and oxygen atoms in total. The van der Waals surface area contributed by atoms with Crippen LogP contribution < -0.4 is 4.74 Å². The monoisotopic (exact) mass is 232 g/mol. The minimum Gasteiger partial charge on any atom is -0.467 e. The molecule has 0 saturated carbocycles. The van der Waals surface area contributed by atoms with Gasteiger partial charge in [0, 0.05) is 7.11 Å². The first-order chi connectivity index (χ1) is 8.26. The molecule has 3 heteroatoms. The van der Waals surface area contributed by atoms with Crippen LogP contribution in [0.3, 0.4) is 0 Å². The van der Waals surface area contributed by atoms with Crippen LogP contribution in [0.15, 0.2) is 30.3 Å². The molecule has 0 heterocycles. The average molecular weight is 232 g/mol. The molecule has 0 aromatic heterocycles. The van der Waals surface area contributed by atoms with Crippen molar-refractivity contribution < 1.29 is 14.6 Å². The number of fused-ring (bicyclic) bond motifs is 1. The molecule has 0 atom stereocenters. The normalized spacial score (nSPS) is 10.8. The highest BCUT2D eigenvalue weighted by Crippen LogP contribution is 2.28. The molecule has 0 aliphatic heterocycles. The standard InChI is InChI=1S/C14H16O3/c1-10-13-5-3-11(8-15)7-12(13)4-6-14(10)17-9-16-2/h3-7,15H,8-9H2,1-2H3. The van der Waals surface area contributed by atoms with Crippen LogP contribution in [0.5, 0.6) is 5.75 Å². The third-order valence-electron chi connectivity index (χ3n) is 2.82. The van der Waals surface area contributed by atoms with Gasteiger partial charge in [-0.1, -0.05) is 18.2 Å². The highest BCUT2D eigenvalue weighted by molar-refractivity contribution is 5.88. The molecule has 0 fully saturated rings. The average Bonchev–Trinajstić information content (AvgIpc) is 2.37. The summed E-state index contributed by atoms with van der Waals surface area (Å²) in [4.78, 5) is 0. The van der Waals surface area contributed by atoms with Gasteiger partial charge in [-0.05, 0) is 41.0 Å². The summed E-state index contributed by atoms with van der Waals surface area (Å²) in [6.45, 7) is 2.34. The van der Waals surface area contributed by atoms with Gasteiger partial charge in [-0.2, -0.15) is 0 Å². The molecule has 1 N–H and O–H groups in total.